The first-order chi connectivity index (χ1) is 9.11. The lowest BCUT2D eigenvalue weighted by molar-refractivity contribution is 0.318. The lowest BCUT2D eigenvalue weighted by Crippen LogP contribution is -2.14. The Morgan fingerprint density at radius 3 is 2.63 bits per heavy atom. The molecular formula is C12H9BrClN3OS. The van der Waals surface area contributed by atoms with E-state index in [0.29, 0.717) is 15.6 Å². The van der Waals surface area contributed by atoms with Crippen LogP contribution in [0.1, 0.15) is 5.56 Å². The fraction of sp³-hybridized carbons (Fsp3) is 0. The molecule has 0 aliphatic rings. The van der Waals surface area contributed by atoms with Gasteiger partial charge in [0.05, 0.1) is 5.02 Å². The fourth-order valence-corrected chi connectivity index (χ4v) is 2.76. The SMILES string of the molecule is N/C(=N/O)c1ccnc(Sc2ccc(Br)cc2)c1Cl. The Morgan fingerprint density at radius 1 is 1.32 bits per heavy atom. The van der Waals surface area contributed by atoms with Crippen LogP contribution in [0.15, 0.2) is 56.1 Å². The normalized spacial score (nSPS) is 11.6. The molecule has 4 nitrogen and oxygen atoms in total. The number of halogens is 2. The van der Waals surface area contributed by atoms with E-state index in [1.54, 1.807) is 12.3 Å². The molecule has 0 spiro atoms. The number of aromatic nitrogens is 1. The average Bonchev–Trinajstić information content (AvgIpc) is 2.43. The van der Waals surface area contributed by atoms with Gasteiger partial charge in [0.1, 0.15) is 5.03 Å². The van der Waals surface area contributed by atoms with Gasteiger partial charge in [0, 0.05) is 21.1 Å². The van der Waals surface area contributed by atoms with E-state index in [1.165, 1.54) is 11.8 Å². The van der Waals surface area contributed by atoms with Gasteiger partial charge in [-0.25, -0.2) is 4.98 Å². The van der Waals surface area contributed by atoms with E-state index in [9.17, 15) is 0 Å². The predicted octanol–water partition coefficient (Wildman–Crippen LogP) is 3.74. The Labute approximate surface area is 127 Å². The summed E-state index contributed by atoms with van der Waals surface area (Å²) in [7, 11) is 0. The zero-order valence-corrected chi connectivity index (χ0v) is 12.7. The molecule has 0 aliphatic carbocycles. The molecular weight excluding hydrogens is 350 g/mol. The molecule has 0 fully saturated rings. The summed E-state index contributed by atoms with van der Waals surface area (Å²) < 4.78 is 1.00. The van der Waals surface area contributed by atoms with Crippen LogP contribution in [0.5, 0.6) is 0 Å². The number of nitrogens with two attached hydrogens (primary N) is 1. The lowest BCUT2D eigenvalue weighted by Gasteiger charge is -2.07. The first kappa shape index (κ1) is 14.2. The van der Waals surface area contributed by atoms with Crippen molar-refractivity contribution < 1.29 is 5.21 Å². The van der Waals surface area contributed by atoms with Gasteiger partial charge in [-0.1, -0.05) is 44.4 Å². The predicted molar refractivity (Wildman–Crippen MR) is 80.0 cm³/mol. The zero-order chi connectivity index (χ0) is 13.8. The molecule has 0 amide bonds. The number of benzene rings is 1. The smallest absolute Gasteiger partial charge is 0.171 e. The third-order valence-electron chi connectivity index (χ3n) is 2.27. The molecule has 0 atom stereocenters. The van der Waals surface area contributed by atoms with Crippen molar-refractivity contribution in [2.24, 2.45) is 10.9 Å². The van der Waals surface area contributed by atoms with Crippen LogP contribution in [-0.2, 0) is 0 Å². The van der Waals surface area contributed by atoms with Gasteiger partial charge in [0.15, 0.2) is 5.84 Å². The molecule has 2 aromatic rings. The number of oxime groups is 1. The molecule has 1 aromatic carbocycles. The topological polar surface area (TPSA) is 71.5 Å². The molecule has 0 aliphatic heterocycles. The van der Waals surface area contributed by atoms with Crippen LogP contribution in [0.2, 0.25) is 5.02 Å². The van der Waals surface area contributed by atoms with Crippen molar-refractivity contribution in [3.63, 3.8) is 0 Å². The van der Waals surface area contributed by atoms with Crippen LogP contribution in [0, 0.1) is 0 Å². The summed E-state index contributed by atoms with van der Waals surface area (Å²) in [6.45, 7) is 0. The monoisotopic (exact) mass is 357 g/mol. The van der Waals surface area contributed by atoms with Crippen molar-refractivity contribution in [1.29, 1.82) is 0 Å². The van der Waals surface area contributed by atoms with Crippen LogP contribution in [-0.4, -0.2) is 16.0 Å². The van der Waals surface area contributed by atoms with Crippen molar-refractivity contribution in [3.05, 3.63) is 51.6 Å². The van der Waals surface area contributed by atoms with Gasteiger partial charge in [-0.05, 0) is 30.3 Å². The second-order valence-electron chi connectivity index (χ2n) is 3.52. The van der Waals surface area contributed by atoms with E-state index in [1.807, 2.05) is 24.3 Å². The summed E-state index contributed by atoms with van der Waals surface area (Å²) in [5.74, 6) is -0.0370. The van der Waals surface area contributed by atoms with Crippen LogP contribution in [0.25, 0.3) is 0 Å². The van der Waals surface area contributed by atoms with Crippen LogP contribution < -0.4 is 5.73 Å². The molecule has 98 valence electrons. The number of rotatable bonds is 3. The standard InChI is InChI=1S/C12H9BrClN3OS/c13-7-1-3-8(4-2-7)19-12-10(14)9(5-6-16-12)11(15)17-18/h1-6,18H,(H2,15,17). The van der Waals surface area contributed by atoms with Gasteiger partial charge in [-0.15, -0.1) is 0 Å². The van der Waals surface area contributed by atoms with Crippen molar-refractivity contribution in [1.82, 2.24) is 4.98 Å². The Hall–Kier alpha value is -1.24. The van der Waals surface area contributed by atoms with Gasteiger partial charge < -0.3 is 10.9 Å². The van der Waals surface area contributed by atoms with Crippen LogP contribution >= 0.6 is 39.3 Å². The second-order valence-corrected chi connectivity index (χ2v) is 5.87. The highest BCUT2D eigenvalue weighted by Crippen LogP contribution is 2.33. The largest absolute Gasteiger partial charge is 0.409 e. The molecule has 3 N–H and O–H groups in total. The molecule has 19 heavy (non-hydrogen) atoms. The third kappa shape index (κ3) is 3.40. The summed E-state index contributed by atoms with van der Waals surface area (Å²) in [4.78, 5) is 5.20. The first-order valence-corrected chi connectivity index (χ1v) is 7.16. The Balaban J connectivity index is 2.33. The zero-order valence-electron chi connectivity index (χ0n) is 9.55. The van der Waals surface area contributed by atoms with E-state index in [4.69, 9.17) is 22.5 Å². The van der Waals surface area contributed by atoms with Crippen molar-refractivity contribution in [3.8, 4) is 0 Å². The minimum atomic E-state index is -0.0370. The average molecular weight is 359 g/mol. The van der Waals surface area contributed by atoms with Gasteiger partial charge in [0.2, 0.25) is 0 Å². The van der Waals surface area contributed by atoms with Gasteiger partial charge in [0.25, 0.3) is 0 Å². The van der Waals surface area contributed by atoms with Gasteiger partial charge in [-0.3, -0.25) is 0 Å². The third-order valence-corrected chi connectivity index (χ3v) is 4.30. The highest BCUT2D eigenvalue weighted by atomic mass is 79.9. The number of hydrogen-bond donors (Lipinski definition) is 2. The summed E-state index contributed by atoms with van der Waals surface area (Å²) in [5.41, 5.74) is 6.01. The van der Waals surface area contributed by atoms with Crippen molar-refractivity contribution in [2.45, 2.75) is 9.92 Å². The Bertz CT molecular complexity index is 619. The minimum absolute atomic E-state index is 0.0370. The quantitative estimate of drug-likeness (QED) is 0.379. The van der Waals surface area contributed by atoms with Gasteiger partial charge >= 0.3 is 0 Å². The molecule has 1 aromatic heterocycles. The maximum Gasteiger partial charge on any atom is 0.171 e. The summed E-state index contributed by atoms with van der Waals surface area (Å²) in [6.07, 6.45) is 1.57. The van der Waals surface area contributed by atoms with Gasteiger partial charge in [-0.2, -0.15) is 0 Å². The van der Waals surface area contributed by atoms with Crippen molar-refractivity contribution in [2.75, 3.05) is 0 Å². The molecule has 7 heteroatoms. The second kappa shape index (κ2) is 6.27. The van der Waals surface area contributed by atoms with E-state index in [0.717, 1.165) is 9.37 Å². The van der Waals surface area contributed by atoms with Crippen LogP contribution in [0.3, 0.4) is 0 Å². The Morgan fingerprint density at radius 2 is 2.00 bits per heavy atom. The van der Waals surface area contributed by atoms with E-state index in [-0.39, 0.29) is 5.84 Å². The number of hydrogen-bond acceptors (Lipinski definition) is 4. The molecule has 0 saturated heterocycles. The maximum absolute atomic E-state index is 8.70. The maximum atomic E-state index is 8.70. The lowest BCUT2D eigenvalue weighted by atomic mass is 10.2. The van der Waals surface area contributed by atoms with Crippen LogP contribution in [0.4, 0.5) is 0 Å². The molecule has 0 saturated carbocycles. The van der Waals surface area contributed by atoms with E-state index >= 15 is 0 Å². The number of pyridine rings is 1. The number of amidine groups is 1. The summed E-state index contributed by atoms with van der Waals surface area (Å²) in [5, 5.41) is 12.6. The molecule has 0 unspecified atom stereocenters. The summed E-state index contributed by atoms with van der Waals surface area (Å²) >= 11 is 11.0. The highest BCUT2D eigenvalue weighted by molar-refractivity contribution is 9.10. The van der Waals surface area contributed by atoms with Crippen molar-refractivity contribution >= 4 is 45.1 Å². The first-order valence-electron chi connectivity index (χ1n) is 5.17. The molecule has 2 rings (SSSR count). The van der Waals surface area contributed by atoms with E-state index in [2.05, 4.69) is 26.1 Å². The molecule has 0 bridgehead atoms. The molecule has 0 radical (unpaired) electrons. The Kier molecular flexibility index (Phi) is 4.68. The van der Waals surface area contributed by atoms with E-state index < -0.39 is 0 Å². The number of nitrogens with zero attached hydrogens (tertiary/aromatic N) is 2. The molecule has 1 heterocycles. The summed E-state index contributed by atoms with van der Waals surface area (Å²) in [6, 6.07) is 9.36. The fourth-order valence-electron chi connectivity index (χ4n) is 1.36. The minimum Gasteiger partial charge on any atom is -0.409 e. The highest BCUT2D eigenvalue weighted by Gasteiger charge is 2.12.